The van der Waals surface area contributed by atoms with Crippen LogP contribution in [-0.4, -0.2) is 41.0 Å². The summed E-state index contributed by atoms with van der Waals surface area (Å²) >= 11 is 0. The van der Waals surface area contributed by atoms with Crippen molar-refractivity contribution in [3.63, 3.8) is 0 Å². The summed E-state index contributed by atoms with van der Waals surface area (Å²) in [5, 5.41) is 9.69. The van der Waals surface area contributed by atoms with Crippen molar-refractivity contribution in [2.24, 2.45) is 5.92 Å². The van der Waals surface area contributed by atoms with Crippen LogP contribution in [0.2, 0.25) is 0 Å². The second kappa shape index (κ2) is 5.97. The van der Waals surface area contributed by atoms with E-state index >= 15 is 0 Å². The van der Waals surface area contributed by atoms with Gasteiger partial charge in [0.25, 0.3) is 0 Å². The molecular weight excluding hydrogens is 264 g/mol. The number of ketones is 1. The highest BCUT2D eigenvalue weighted by Gasteiger charge is 2.31. The zero-order valence-corrected chi connectivity index (χ0v) is 11.6. The van der Waals surface area contributed by atoms with Gasteiger partial charge in [-0.25, -0.2) is 8.78 Å². The number of Topliss-reactive ketones (excluding diaryl/α,β-unsaturated/α-hetero) is 1. The van der Waals surface area contributed by atoms with Gasteiger partial charge in [0.1, 0.15) is 11.6 Å². The van der Waals surface area contributed by atoms with Gasteiger partial charge in [0.2, 0.25) is 0 Å². The number of carbonyl (C=O) groups excluding carboxylic acids is 1. The van der Waals surface area contributed by atoms with E-state index in [0.717, 1.165) is 12.1 Å². The van der Waals surface area contributed by atoms with Crippen LogP contribution in [0.25, 0.3) is 0 Å². The fourth-order valence-corrected chi connectivity index (χ4v) is 2.60. The molecule has 110 valence electrons. The van der Waals surface area contributed by atoms with Gasteiger partial charge in [-0.15, -0.1) is 0 Å². The number of piperidine rings is 1. The molecule has 2 rings (SSSR count). The predicted molar refractivity (Wildman–Crippen MR) is 71.5 cm³/mol. The molecule has 3 unspecified atom stereocenters. The van der Waals surface area contributed by atoms with Crippen molar-refractivity contribution in [3.05, 3.63) is 35.4 Å². The largest absolute Gasteiger partial charge is 0.393 e. The van der Waals surface area contributed by atoms with Crippen LogP contribution in [0.15, 0.2) is 18.2 Å². The lowest BCUT2D eigenvalue weighted by molar-refractivity contribution is 0.0204. The Hall–Kier alpha value is -1.33. The summed E-state index contributed by atoms with van der Waals surface area (Å²) in [5.41, 5.74) is -0.0855. The second-order valence-electron chi connectivity index (χ2n) is 5.49. The molecule has 0 saturated carbocycles. The van der Waals surface area contributed by atoms with Gasteiger partial charge in [0.15, 0.2) is 5.78 Å². The van der Waals surface area contributed by atoms with Crippen LogP contribution in [0.3, 0.4) is 0 Å². The normalized spacial score (nSPS) is 25.4. The molecule has 1 aromatic rings. The topological polar surface area (TPSA) is 40.5 Å². The number of rotatable bonds is 3. The van der Waals surface area contributed by atoms with Crippen molar-refractivity contribution in [1.29, 1.82) is 0 Å². The average Bonchev–Trinajstić information content (AvgIpc) is 2.40. The quantitative estimate of drug-likeness (QED) is 0.865. The van der Waals surface area contributed by atoms with Gasteiger partial charge in [-0.3, -0.25) is 9.69 Å². The van der Waals surface area contributed by atoms with E-state index < -0.39 is 17.7 Å². The molecule has 0 bridgehead atoms. The van der Waals surface area contributed by atoms with Crippen LogP contribution < -0.4 is 0 Å². The second-order valence-corrected chi connectivity index (χ2v) is 5.49. The van der Waals surface area contributed by atoms with Crippen molar-refractivity contribution >= 4 is 5.78 Å². The Morgan fingerprint density at radius 2 is 2.15 bits per heavy atom. The molecule has 0 radical (unpaired) electrons. The number of likely N-dealkylation sites (tertiary alicyclic amines) is 1. The molecule has 1 aliphatic heterocycles. The van der Waals surface area contributed by atoms with Gasteiger partial charge in [-0.05, 0) is 31.4 Å². The highest BCUT2D eigenvalue weighted by atomic mass is 19.1. The van der Waals surface area contributed by atoms with Crippen molar-refractivity contribution < 1.29 is 18.7 Å². The fraction of sp³-hybridized carbons (Fsp3) is 0.533. The number of aliphatic hydroxyl groups is 1. The Labute approximate surface area is 117 Å². The summed E-state index contributed by atoms with van der Waals surface area (Å²) in [4.78, 5) is 14.2. The molecule has 1 N–H and O–H groups in total. The first-order valence-electron chi connectivity index (χ1n) is 6.81. The van der Waals surface area contributed by atoms with Crippen LogP contribution in [0.1, 0.15) is 30.6 Å². The molecule has 0 spiro atoms. The third kappa shape index (κ3) is 3.04. The molecule has 1 fully saturated rings. The third-order valence-corrected chi connectivity index (χ3v) is 4.02. The first-order chi connectivity index (χ1) is 9.40. The number of hydrogen-bond donors (Lipinski definition) is 1. The molecule has 1 aliphatic rings. The van der Waals surface area contributed by atoms with Crippen LogP contribution in [0.4, 0.5) is 8.78 Å². The summed E-state index contributed by atoms with van der Waals surface area (Å²) in [6.45, 7) is 4.83. The number of carbonyl (C=O) groups is 1. The summed E-state index contributed by atoms with van der Waals surface area (Å²) in [6.07, 6.45) is 0.251. The minimum absolute atomic E-state index is 0.0806. The Balaban J connectivity index is 2.12. The van der Waals surface area contributed by atoms with E-state index in [1.807, 2.05) is 11.8 Å². The summed E-state index contributed by atoms with van der Waals surface area (Å²) in [6, 6.07) is 2.52. The monoisotopic (exact) mass is 283 g/mol. The first kappa shape index (κ1) is 15.1. The van der Waals surface area contributed by atoms with E-state index in [1.165, 1.54) is 6.07 Å². The maximum absolute atomic E-state index is 13.6. The Bertz CT molecular complexity index is 507. The number of hydrogen-bond acceptors (Lipinski definition) is 3. The zero-order valence-electron chi connectivity index (χ0n) is 11.6. The smallest absolute Gasteiger partial charge is 0.182 e. The Morgan fingerprint density at radius 1 is 1.45 bits per heavy atom. The maximum Gasteiger partial charge on any atom is 0.182 e. The Kier molecular flexibility index (Phi) is 4.50. The molecule has 0 aromatic heterocycles. The third-order valence-electron chi connectivity index (χ3n) is 4.02. The van der Waals surface area contributed by atoms with Crippen molar-refractivity contribution in [3.8, 4) is 0 Å². The summed E-state index contributed by atoms with van der Waals surface area (Å²) in [7, 11) is 0. The van der Waals surface area contributed by atoms with E-state index in [0.29, 0.717) is 19.5 Å². The molecule has 5 heteroatoms. The molecule has 1 heterocycles. The fourth-order valence-electron chi connectivity index (χ4n) is 2.60. The SMILES string of the molecule is CC1CN(C(C)C(=O)c2ccc(F)cc2F)CCC1O. The number of halogens is 2. The lowest BCUT2D eigenvalue weighted by atomic mass is 9.94. The van der Waals surface area contributed by atoms with Gasteiger partial charge in [-0.2, -0.15) is 0 Å². The standard InChI is InChI=1S/C15H19F2NO2/c1-9-8-18(6-5-14(9)19)10(2)15(20)12-4-3-11(16)7-13(12)17/h3-4,7,9-10,14,19H,5-6,8H2,1-2H3. The molecule has 1 aromatic carbocycles. The molecule has 20 heavy (non-hydrogen) atoms. The number of benzene rings is 1. The molecular formula is C15H19F2NO2. The van der Waals surface area contributed by atoms with Crippen LogP contribution in [-0.2, 0) is 0 Å². The summed E-state index contributed by atoms with van der Waals surface area (Å²) in [5.74, 6) is -1.79. The van der Waals surface area contributed by atoms with Crippen molar-refractivity contribution in [1.82, 2.24) is 4.90 Å². The zero-order chi connectivity index (χ0) is 14.9. The van der Waals surface area contributed by atoms with Gasteiger partial charge in [0, 0.05) is 19.2 Å². The maximum atomic E-state index is 13.6. The summed E-state index contributed by atoms with van der Waals surface area (Å²) < 4.78 is 26.5. The van der Waals surface area contributed by atoms with Crippen LogP contribution in [0, 0.1) is 17.6 Å². The van der Waals surface area contributed by atoms with Gasteiger partial charge >= 0.3 is 0 Å². The first-order valence-corrected chi connectivity index (χ1v) is 6.81. The number of nitrogens with zero attached hydrogens (tertiary/aromatic N) is 1. The highest BCUT2D eigenvalue weighted by Crippen LogP contribution is 2.21. The van der Waals surface area contributed by atoms with E-state index in [2.05, 4.69) is 0 Å². The lowest BCUT2D eigenvalue weighted by Crippen LogP contribution is -2.48. The van der Waals surface area contributed by atoms with E-state index in [1.54, 1.807) is 6.92 Å². The minimum atomic E-state index is -0.827. The Morgan fingerprint density at radius 3 is 2.75 bits per heavy atom. The van der Waals surface area contributed by atoms with Gasteiger partial charge in [0.05, 0.1) is 17.7 Å². The van der Waals surface area contributed by atoms with Gasteiger partial charge in [-0.1, -0.05) is 6.92 Å². The molecule has 0 aliphatic carbocycles. The minimum Gasteiger partial charge on any atom is -0.393 e. The van der Waals surface area contributed by atoms with Crippen LogP contribution >= 0.6 is 0 Å². The lowest BCUT2D eigenvalue weighted by Gasteiger charge is -2.37. The van der Waals surface area contributed by atoms with E-state index in [4.69, 9.17) is 0 Å². The molecule has 3 nitrogen and oxygen atoms in total. The highest BCUT2D eigenvalue weighted by molar-refractivity contribution is 6.00. The van der Waals surface area contributed by atoms with Crippen LogP contribution in [0.5, 0.6) is 0 Å². The molecule has 3 atom stereocenters. The van der Waals surface area contributed by atoms with E-state index in [-0.39, 0.29) is 23.4 Å². The average molecular weight is 283 g/mol. The van der Waals surface area contributed by atoms with Gasteiger partial charge < -0.3 is 5.11 Å². The molecule has 1 saturated heterocycles. The molecule has 0 amide bonds. The van der Waals surface area contributed by atoms with Crippen molar-refractivity contribution in [2.75, 3.05) is 13.1 Å². The van der Waals surface area contributed by atoms with Crippen molar-refractivity contribution in [2.45, 2.75) is 32.4 Å². The number of aliphatic hydroxyl groups excluding tert-OH is 1. The van der Waals surface area contributed by atoms with E-state index in [9.17, 15) is 18.7 Å². The predicted octanol–water partition coefficient (Wildman–Crippen LogP) is 2.24.